The average molecular weight is 332 g/mol. The molecule has 2 aromatic carbocycles. The predicted octanol–water partition coefficient (Wildman–Crippen LogP) is 2.66. The molecule has 0 saturated heterocycles. The second kappa shape index (κ2) is 5.55. The minimum atomic E-state index is -0.387. The van der Waals surface area contributed by atoms with E-state index in [1.54, 1.807) is 16.9 Å². The number of carbonyl (C=O) groups is 1. The van der Waals surface area contributed by atoms with Gasteiger partial charge in [0.25, 0.3) is 5.91 Å². The zero-order chi connectivity index (χ0) is 17.6. The number of hydrogen-bond acceptors (Lipinski definition) is 5. The normalized spacial score (nSPS) is 11.1. The van der Waals surface area contributed by atoms with Crippen LogP contribution in [0.2, 0.25) is 0 Å². The van der Waals surface area contributed by atoms with E-state index in [0.29, 0.717) is 22.3 Å². The van der Waals surface area contributed by atoms with Gasteiger partial charge in [-0.15, -0.1) is 10.2 Å². The van der Waals surface area contributed by atoms with Crippen LogP contribution in [0, 0.1) is 6.92 Å². The van der Waals surface area contributed by atoms with Crippen molar-refractivity contribution >= 4 is 39.1 Å². The Morgan fingerprint density at radius 2 is 1.92 bits per heavy atom. The number of fused-ring (bicyclic) bond motifs is 2. The van der Waals surface area contributed by atoms with Gasteiger partial charge in [-0.25, -0.2) is 0 Å². The van der Waals surface area contributed by atoms with Crippen LogP contribution in [0.1, 0.15) is 16.1 Å². The Hall–Kier alpha value is -3.48. The van der Waals surface area contributed by atoms with Crippen molar-refractivity contribution in [3.05, 3.63) is 53.9 Å². The summed E-state index contributed by atoms with van der Waals surface area (Å²) in [5.74, 6) is -0.387. The number of aryl methyl sites for hydroxylation is 2. The maximum atomic E-state index is 12.7. The zero-order valence-electron chi connectivity index (χ0n) is 13.8. The number of amides is 1. The van der Waals surface area contributed by atoms with Gasteiger partial charge in [-0.1, -0.05) is 18.2 Å². The van der Waals surface area contributed by atoms with Gasteiger partial charge < -0.3 is 11.1 Å². The number of nitrogen functional groups attached to an aromatic ring is 1. The fourth-order valence-corrected chi connectivity index (χ4v) is 2.92. The van der Waals surface area contributed by atoms with Gasteiger partial charge >= 0.3 is 0 Å². The maximum Gasteiger partial charge on any atom is 0.278 e. The van der Waals surface area contributed by atoms with Crippen molar-refractivity contribution in [2.24, 2.45) is 7.05 Å². The van der Waals surface area contributed by atoms with Crippen LogP contribution < -0.4 is 11.1 Å². The van der Waals surface area contributed by atoms with E-state index in [1.807, 2.05) is 44.3 Å². The summed E-state index contributed by atoms with van der Waals surface area (Å²) in [6.45, 7) is 1.94. The van der Waals surface area contributed by atoms with E-state index in [-0.39, 0.29) is 11.6 Å². The summed E-state index contributed by atoms with van der Waals surface area (Å²) in [5.41, 5.74) is 9.85. The van der Waals surface area contributed by atoms with Crippen LogP contribution in [0.25, 0.3) is 21.8 Å². The molecule has 3 N–H and O–H groups in total. The van der Waals surface area contributed by atoms with Gasteiger partial charge in [-0.2, -0.15) is 5.10 Å². The molecule has 0 unspecified atom stereocenters. The van der Waals surface area contributed by atoms with Crippen LogP contribution in [-0.4, -0.2) is 25.9 Å². The molecule has 0 aliphatic rings. The quantitative estimate of drug-likeness (QED) is 0.588. The fourth-order valence-electron chi connectivity index (χ4n) is 2.92. The summed E-state index contributed by atoms with van der Waals surface area (Å²) in [7, 11) is 1.88. The van der Waals surface area contributed by atoms with E-state index in [0.717, 1.165) is 16.5 Å². The van der Waals surface area contributed by atoms with Crippen LogP contribution in [0.5, 0.6) is 0 Å². The first-order valence-corrected chi connectivity index (χ1v) is 7.80. The number of aromatic nitrogens is 4. The third kappa shape index (κ3) is 2.37. The predicted molar refractivity (Wildman–Crippen MR) is 97.4 cm³/mol. The molecule has 4 rings (SSSR count). The molecule has 0 aliphatic carbocycles. The fraction of sp³-hybridized carbons (Fsp3) is 0.111. The Morgan fingerprint density at radius 3 is 2.76 bits per heavy atom. The first-order chi connectivity index (χ1) is 12.1. The molecule has 124 valence electrons. The van der Waals surface area contributed by atoms with Crippen molar-refractivity contribution in [2.45, 2.75) is 6.92 Å². The lowest BCUT2D eigenvalue weighted by atomic mass is 10.1. The van der Waals surface area contributed by atoms with Gasteiger partial charge in [0.2, 0.25) is 0 Å². The van der Waals surface area contributed by atoms with Crippen LogP contribution in [-0.2, 0) is 7.05 Å². The molecule has 0 radical (unpaired) electrons. The Bertz CT molecular complexity index is 1130. The zero-order valence-corrected chi connectivity index (χ0v) is 13.8. The number of benzene rings is 2. The highest BCUT2D eigenvalue weighted by Gasteiger charge is 2.17. The molecule has 2 aromatic heterocycles. The Balaban J connectivity index is 1.73. The van der Waals surface area contributed by atoms with Gasteiger partial charge in [0.05, 0.1) is 22.9 Å². The van der Waals surface area contributed by atoms with E-state index >= 15 is 0 Å². The highest BCUT2D eigenvalue weighted by Crippen LogP contribution is 2.26. The molecule has 4 aromatic rings. The Morgan fingerprint density at radius 1 is 1.12 bits per heavy atom. The molecule has 7 heteroatoms. The molecule has 0 bridgehead atoms. The Kier molecular flexibility index (Phi) is 3.35. The van der Waals surface area contributed by atoms with Crippen molar-refractivity contribution in [1.82, 2.24) is 20.0 Å². The van der Waals surface area contributed by atoms with Gasteiger partial charge in [0.15, 0.2) is 5.69 Å². The van der Waals surface area contributed by atoms with Crippen molar-refractivity contribution in [1.29, 1.82) is 0 Å². The van der Waals surface area contributed by atoms with E-state index in [4.69, 9.17) is 5.73 Å². The molecule has 0 spiro atoms. The number of nitrogens with two attached hydrogens (primary N) is 1. The van der Waals surface area contributed by atoms with Gasteiger partial charge in [0.1, 0.15) is 0 Å². The molecule has 1 amide bonds. The largest absolute Gasteiger partial charge is 0.396 e. The third-order valence-electron chi connectivity index (χ3n) is 4.37. The molecule has 0 fully saturated rings. The maximum absolute atomic E-state index is 12.7. The lowest BCUT2D eigenvalue weighted by Gasteiger charge is -2.11. The van der Waals surface area contributed by atoms with Crippen molar-refractivity contribution in [2.75, 3.05) is 11.1 Å². The average Bonchev–Trinajstić information content (AvgIpc) is 2.99. The van der Waals surface area contributed by atoms with Gasteiger partial charge in [0, 0.05) is 23.5 Å². The minimum Gasteiger partial charge on any atom is -0.396 e. The van der Waals surface area contributed by atoms with Gasteiger partial charge in [-0.05, 0) is 30.7 Å². The molecular weight excluding hydrogens is 316 g/mol. The summed E-state index contributed by atoms with van der Waals surface area (Å²) in [5, 5.41) is 16.9. The summed E-state index contributed by atoms with van der Waals surface area (Å²) in [4.78, 5) is 12.7. The van der Waals surface area contributed by atoms with Gasteiger partial charge in [-0.3, -0.25) is 9.48 Å². The summed E-state index contributed by atoms with van der Waals surface area (Å²) >= 11 is 0. The molecule has 2 heterocycles. The first kappa shape index (κ1) is 15.1. The standard InChI is InChI=1S/C18H16N6O/c1-10-12-9-20-24(2)15(12)8-7-13(10)21-18(25)17-16(19)11-5-3-4-6-14(11)22-23-17/h3-9H,1-2H3,(H2,19,22)(H,21,25). The van der Waals surface area contributed by atoms with E-state index < -0.39 is 0 Å². The van der Waals surface area contributed by atoms with Crippen LogP contribution in [0.4, 0.5) is 11.4 Å². The summed E-state index contributed by atoms with van der Waals surface area (Å²) in [6, 6.07) is 11.1. The Labute approximate surface area is 143 Å². The number of anilines is 2. The smallest absolute Gasteiger partial charge is 0.278 e. The molecule has 0 saturated carbocycles. The second-order valence-corrected chi connectivity index (χ2v) is 5.87. The van der Waals surface area contributed by atoms with Crippen LogP contribution in [0.15, 0.2) is 42.6 Å². The topological polar surface area (TPSA) is 98.7 Å². The molecule has 7 nitrogen and oxygen atoms in total. The van der Waals surface area contributed by atoms with E-state index in [2.05, 4.69) is 20.6 Å². The molecular formula is C18H16N6O. The first-order valence-electron chi connectivity index (χ1n) is 7.80. The molecule has 0 atom stereocenters. The lowest BCUT2D eigenvalue weighted by Crippen LogP contribution is -2.17. The van der Waals surface area contributed by atoms with Crippen molar-refractivity contribution < 1.29 is 4.79 Å². The highest BCUT2D eigenvalue weighted by atomic mass is 16.1. The minimum absolute atomic E-state index is 0.115. The second-order valence-electron chi connectivity index (χ2n) is 5.87. The highest BCUT2D eigenvalue weighted by molar-refractivity contribution is 6.11. The molecule has 25 heavy (non-hydrogen) atoms. The number of hydrogen-bond donors (Lipinski definition) is 2. The number of rotatable bonds is 2. The lowest BCUT2D eigenvalue weighted by molar-refractivity contribution is 0.102. The monoisotopic (exact) mass is 332 g/mol. The number of carbonyl (C=O) groups excluding carboxylic acids is 1. The van der Waals surface area contributed by atoms with Crippen LogP contribution >= 0.6 is 0 Å². The van der Waals surface area contributed by atoms with Crippen molar-refractivity contribution in [3.63, 3.8) is 0 Å². The number of nitrogens with one attached hydrogen (secondary N) is 1. The summed E-state index contributed by atoms with van der Waals surface area (Å²) in [6.07, 6.45) is 1.78. The number of nitrogens with zero attached hydrogens (tertiary/aromatic N) is 4. The van der Waals surface area contributed by atoms with Crippen LogP contribution in [0.3, 0.4) is 0 Å². The summed E-state index contributed by atoms with van der Waals surface area (Å²) < 4.78 is 1.79. The van der Waals surface area contributed by atoms with Crippen molar-refractivity contribution in [3.8, 4) is 0 Å². The van der Waals surface area contributed by atoms with E-state index in [1.165, 1.54) is 0 Å². The van der Waals surface area contributed by atoms with E-state index in [9.17, 15) is 4.79 Å². The third-order valence-corrected chi connectivity index (χ3v) is 4.37. The molecule has 0 aliphatic heterocycles. The SMILES string of the molecule is Cc1c(NC(=O)c2nnc3ccccc3c2N)ccc2c1cnn2C.